The molecule has 2 amide bonds. The molecule has 9 heteroatoms. The third kappa shape index (κ3) is 4.98. The summed E-state index contributed by atoms with van der Waals surface area (Å²) in [4.78, 5) is 45.7. The van der Waals surface area contributed by atoms with E-state index in [0.717, 1.165) is 33.6 Å². The molecule has 0 atom stereocenters. The number of aryl methyl sites for hydroxylation is 3. The van der Waals surface area contributed by atoms with Crippen molar-refractivity contribution in [1.29, 1.82) is 0 Å². The first-order valence-corrected chi connectivity index (χ1v) is 12.6. The van der Waals surface area contributed by atoms with Crippen molar-refractivity contribution in [3.63, 3.8) is 0 Å². The monoisotopic (exact) mass is 523 g/mol. The highest BCUT2D eigenvalue weighted by molar-refractivity contribution is 6.07. The highest BCUT2D eigenvalue weighted by atomic mass is 16.4. The van der Waals surface area contributed by atoms with E-state index in [2.05, 4.69) is 16.4 Å². The van der Waals surface area contributed by atoms with Gasteiger partial charge in [0.1, 0.15) is 0 Å². The number of carboxylic acid groups (broad SMARTS) is 1. The summed E-state index contributed by atoms with van der Waals surface area (Å²) in [5.41, 5.74) is 6.50. The van der Waals surface area contributed by atoms with Crippen molar-refractivity contribution in [2.75, 3.05) is 28.2 Å². The van der Waals surface area contributed by atoms with Gasteiger partial charge in [-0.2, -0.15) is 0 Å². The number of hydrogen-bond acceptors (Lipinski definition) is 5. The molecule has 1 aliphatic heterocycles. The molecule has 5 rings (SSSR count). The number of aromatic carboxylic acids is 1. The molecule has 1 aromatic heterocycles. The Morgan fingerprint density at radius 3 is 2.26 bits per heavy atom. The first-order valence-electron chi connectivity index (χ1n) is 12.6. The molecule has 0 radical (unpaired) electrons. The maximum Gasteiger partial charge on any atom is 0.335 e. The lowest BCUT2D eigenvalue weighted by Gasteiger charge is -2.22. The normalized spacial score (nSPS) is 13.2. The Hall–Kier alpha value is -4.92. The molecule has 2 heterocycles. The number of carbonyl (C=O) groups excluding carboxylic acids is 1. The quantitative estimate of drug-likeness (QED) is 0.357. The zero-order valence-corrected chi connectivity index (χ0v) is 22.2. The summed E-state index contributed by atoms with van der Waals surface area (Å²) >= 11 is 0. The number of nitrogens with zero attached hydrogens (tertiary/aromatic N) is 4. The van der Waals surface area contributed by atoms with E-state index in [1.54, 1.807) is 35.2 Å². The van der Waals surface area contributed by atoms with Gasteiger partial charge < -0.3 is 15.0 Å². The lowest BCUT2D eigenvalue weighted by molar-refractivity contribution is 0.0697. The molecule has 0 saturated carbocycles. The Bertz CT molecular complexity index is 1640. The largest absolute Gasteiger partial charge is 0.478 e. The van der Waals surface area contributed by atoms with Crippen LogP contribution in [-0.2, 0) is 7.05 Å². The predicted octanol–water partition coefficient (Wildman–Crippen LogP) is 5.26. The van der Waals surface area contributed by atoms with Crippen LogP contribution < -0.4 is 20.7 Å². The summed E-state index contributed by atoms with van der Waals surface area (Å²) in [6, 6.07) is 17.9. The number of carbonyl (C=O) groups is 2. The Morgan fingerprint density at radius 1 is 0.923 bits per heavy atom. The number of hydrogen-bond donors (Lipinski definition) is 2. The molecule has 0 bridgehead atoms. The van der Waals surface area contributed by atoms with Gasteiger partial charge in [0.25, 0.3) is 5.56 Å². The Labute approximate surface area is 226 Å². The van der Waals surface area contributed by atoms with Crippen molar-refractivity contribution in [3.05, 3.63) is 99.5 Å². The number of benzene rings is 3. The molecule has 1 aliphatic rings. The van der Waals surface area contributed by atoms with Crippen LogP contribution in [-0.4, -0.2) is 39.7 Å². The van der Waals surface area contributed by atoms with Crippen LogP contribution in [0.25, 0.3) is 11.3 Å². The fourth-order valence-electron chi connectivity index (χ4n) is 4.95. The van der Waals surface area contributed by atoms with Crippen LogP contribution in [0.2, 0.25) is 0 Å². The number of amides is 2. The van der Waals surface area contributed by atoms with Gasteiger partial charge in [0, 0.05) is 49.0 Å². The van der Waals surface area contributed by atoms with Gasteiger partial charge in [-0.05, 0) is 79.9 Å². The van der Waals surface area contributed by atoms with Gasteiger partial charge in [-0.25, -0.2) is 14.6 Å². The van der Waals surface area contributed by atoms with Gasteiger partial charge in [0.05, 0.1) is 11.3 Å². The summed E-state index contributed by atoms with van der Waals surface area (Å²) in [7, 11) is 1.65. The molecule has 9 nitrogen and oxygen atoms in total. The highest BCUT2D eigenvalue weighted by Gasteiger charge is 2.32. The van der Waals surface area contributed by atoms with E-state index in [1.165, 1.54) is 16.7 Å². The second-order valence-electron chi connectivity index (χ2n) is 9.78. The van der Waals surface area contributed by atoms with Crippen LogP contribution in [0.15, 0.2) is 71.7 Å². The maximum atomic E-state index is 13.5. The van der Waals surface area contributed by atoms with Crippen LogP contribution in [0.5, 0.6) is 0 Å². The number of anilines is 4. The number of urea groups is 1. The molecule has 3 aromatic carbocycles. The lowest BCUT2D eigenvalue weighted by Crippen LogP contribution is -2.32. The fraction of sp³-hybridized carbons (Fsp3) is 0.200. The molecular weight excluding hydrogens is 494 g/mol. The van der Waals surface area contributed by atoms with E-state index in [0.29, 0.717) is 24.5 Å². The molecule has 4 aromatic rings. The fourth-order valence-corrected chi connectivity index (χ4v) is 4.95. The second-order valence-corrected chi connectivity index (χ2v) is 9.78. The summed E-state index contributed by atoms with van der Waals surface area (Å²) in [6.45, 7) is 7.13. The minimum atomic E-state index is -1.03. The molecule has 198 valence electrons. The number of nitrogens with one attached hydrogen (secondary N) is 1. The van der Waals surface area contributed by atoms with Crippen molar-refractivity contribution >= 4 is 34.9 Å². The SMILES string of the molecule is Cc1cc(C)cc(N2CCN(c3cccc(-c4cn(C)c(=O)c(Nc5ccc(C(=O)O)cc5)n4)c3C)C2=O)c1. The highest BCUT2D eigenvalue weighted by Crippen LogP contribution is 2.33. The summed E-state index contributed by atoms with van der Waals surface area (Å²) in [5, 5.41) is 12.1. The molecule has 0 spiro atoms. The third-order valence-corrected chi connectivity index (χ3v) is 6.86. The first kappa shape index (κ1) is 25.7. The van der Waals surface area contributed by atoms with Crippen LogP contribution in [0, 0.1) is 20.8 Å². The van der Waals surface area contributed by atoms with Crippen molar-refractivity contribution in [2.45, 2.75) is 20.8 Å². The van der Waals surface area contributed by atoms with E-state index in [4.69, 9.17) is 5.11 Å². The second kappa shape index (κ2) is 10.1. The zero-order valence-electron chi connectivity index (χ0n) is 22.2. The van der Waals surface area contributed by atoms with Crippen molar-refractivity contribution in [2.24, 2.45) is 7.05 Å². The Balaban J connectivity index is 1.47. The van der Waals surface area contributed by atoms with Gasteiger partial charge in [-0.1, -0.05) is 18.2 Å². The van der Waals surface area contributed by atoms with E-state index >= 15 is 0 Å². The third-order valence-electron chi connectivity index (χ3n) is 6.86. The van der Waals surface area contributed by atoms with Gasteiger partial charge in [-0.15, -0.1) is 0 Å². The topological polar surface area (TPSA) is 108 Å². The zero-order chi connectivity index (χ0) is 27.8. The summed E-state index contributed by atoms with van der Waals surface area (Å²) in [5.74, 6) is -0.914. The minimum absolute atomic E-state index is 0.0826. The van der Waals surface area contributed by atoms with E-state index in [1.807, 2.05) is 51.1 Å². The average Bonchev–Trinajstić information content (AvgIpc) is 3.27. The first-order chi connectivity index (χ1) is 18.6. The van der Waals surface area contributed by atoms with E-state index in [-0.39, 0.29) is 23.0 Å². The van der Waals surface area contributed by atoms with Crippen LogP contribution in [0.1, 0.15) is 27.0 Å². The minimum Gasteiger partial charge on any atom is -0.478 e. The molecule has 1 fully saturated rings. The Morgan fingerprint density at radius 2 is 1.59 bits per heavy atom. The number of aromatic nitrogens is 2. The van der Waals surface area contributed by atoms with E-state index in [9.17, 15) is 14.4 Å². The maximum absolute atomic E-state index is 13.5. The summed E-state index contributed by atoms with van der Waals surface area (Å²) < 4.78 is 1.45. The Kier molecular flexibility index (Phi) is 6.66. The molecule has 0 aliphatic carbocycles. The smallest absolute Gasteiger partial charge is 0.335 e. The van der Waals surface area contributed by atoms with Crippen molar-refractivity contribution in [3.8, 4) is 11.3 Å². The van der Waals surface area contributed by atoms with E-state index < -0.39 is 5.97 Å². The van der Waals surface area contributed by atoms with Gasteiger partial charge >= 0.3 is 12.0 Å². The van der Waals surface area contributed by atoms with Crippen LogP contribution >= 0.6 is 0 Å². The lowest BCUT2D eigenvalue weighted by atomic mass is 10.0. The van der Waals surface area contributed by atoms with Crippen LogP contribution in [0.3, 0.4) is 0 Å². The van der Waals surface area contributed by atoms with Gasteiger partial charge in [0.15, 0.2) is 5.82 Å². The molecule has 0 unspecified atom stereocenters. The summed E-state index contributed by atoms with van der Waals surface area (Å²) in [6.07, 6.45) is 1.67. The number of carboxylic acids is 1. The van der Waals surface area contributed by atoms with Crippen LogP contribution in [0.4, 0.5) is 27.7 Å². The van der Waals surface area contributed by atoms with Gasteiger partial charge in [-0.3, -0.25) is 14.6 Å². The standard InChI is InChI=1S/C30H29N5O4/c1-18-14-19(2)16-23(15-18)34-12-13-35(30(34)39)26-7-5-6-24(20(26)3)25-17-33(4)28(36)27(32-25)31-22-10-8-21(9-11-22)29(37)38/h5-11,14-17H,12-13H2,1-4H3,(H,31,32)(H,37,38). The average molecular weight is 524 g/mol. The molecule has 39 heavy (non-hydrogen) atoms. The van der Waals surface area contributed by atoms with Crippen molar-refractivity contribution in [1.82, 2.24) is 9.55 Å². The van der Waals surface area contributed by atoms with Gasteiger partial charge in [0.2, 0.25) is 0 Å². The predicted molar refractivity (Wildman–Crippen MR) is 152 cm³/mol. The molecular formula is C30H29N5O4. The number of rotatable bonds is 6. The molecule has 2 N–H and O–H groups in total. The van der Waals surface area contributed by atoms with Crippen molar-refractivity contribution < 1.29 is 14.7 Å². The molecule has 1 saturated heterocycles.